The van der Waals surface area contributed by atoms with Gasteiger partial charge in [-0.1, -0.05) is 18.0 Å². The fourth-order valence-electron chi connectivity index (χ4n) is 1.99. The number of halogens is 2. The maximum atomic E-state index is 14.2. The van der Waals surface area contributed by atoms with Crippen LogP contribution in [0.5, 0.6) is 0 Å². The molecule has 1 fully saturated rings. The van der Waals surface area contributed by atoms with E-state index in [2.05, 4.69) is 5.87 Å². The van der Waals surface area contributed by atoms with E-state index >= 15 is 0 Å². The monoisotopic (exact) mass is 301 g/mol. The second-order valence-corrected chi connectivity index (χ2v) is 6.39. The highest BCUT2D eigenvalue weighted by Gasteiger charge is 2.44. The first-order valence-corrected chi connectivity index (χ1v) is 8.04. The van der Waals surface area contributed by atoms with Gasteiger partial charge in [0.25, 0.3) is 5.91 Å². The van der Waals surface area contributed by atoms with Crippen LogP contribution in [0.15, 0.2) is 29.2 Å². The molecule has 0 N–H and O–H groups in total. The van der Waals surface area contributed by atoms with Crippen LogP contribution in [0.4, 0.5) is 8.78 Å². The van der Waals surface area contributed by atoms with Crippen LogP contribution in [0.1, 0.15) is 5.56 Å². The van der Waals surface area contributed by atoms with Gasteiger partial charge in [-0.2, -0.15) is 19.3 Å². The number of alkyl halides is 2. The molecule has 1 amide bonds. The first-order valence-electron chi connectivity index (χ1n) is 6.24. The second-order valence-electron chi connectivity index (χ2n) is 4.64. The predicted molar refractivity (Wildman–Crippen MR) is 76.6 cm³/mol. The Bertz CT molecular complexity index is 510. The molecular weight excluding hydrogens is 284 g/mol. The molecule has 0 radical (unpaired) electrons. The number of hydrogen-bond donors (Lipinski definition) is 0. The van der Waals surface area contributed by atoms with Crippen molar-refractivity contribution in [3.63, 3.8) is 0 Å². The average molecular weight is 301 g/mol. The molecule has 1 aliphatic heterocycles. The molecule has 0 saturated carbocycles. The lowest BCUT2D eigenvalue weighted by Gasteiger charge is -2.30. The summed E-state index contributed by atoms with van der Waals surface area (Å²) in [4.78, 5) is 14.0. The van der Waals surface area contributed by atoms with E-state index in [1.165, 1.54) is 12.1 Å². The Kier molecular flexibility index (Phi) is 4.55. The molecule has 1 heterocycles. The molecule has 1 aromatic rings. The van der Waals surface area contributed by atoms with Crippen LogP contribution in [0.25, 0.3) is 0 Å². The zero-order valence-corrected chi connectivity index (χ0v) is 12.1. The van der Waals surface area contributed by atoms with E-state index < -0.39 is 11.8 Å². The van der Waals surface area contributed by atoms with Crippen LogP contribution >= 0.6 is 10.5 Å². The number of benzene rings is 1. The van der Waals surface area contributed by atoms with Gasteiger partial charge in [0.1, 0.15) is 0 Å². The van der Waals surface area contributed by atoms with Gasteiger partial charge in [0, 0.05) is 23.5 Å². The lowest BCUT2D eigenvalue weighted by molar-refractivity contribution is -0.163. The number of hydrogen-bond acceptors (Lipinski definition) is 2. The lowest BCUT2D eigenvalue weighted by atomic mass is 10.1. The van der Waals surface area contributed by atoms with Gasteiger partial charge < -0.3 is 9.64 Å². The summed E-state index contributed by atoms with van der Waals surface area (Å²) in [7, 11) is -0.236. The number of ether oxygens (including phenoxy) is 1. The third kappa shape index (κ3) is 3.07. The van der Waals surface area contributed by atoms with Gasteiger partial charge in [-0.15, -0.1) is 0 Å². The van der Waals surface area contributed by atoms with E-state index in [9.17, 15) is 13.6 Å². The Morgan fingerprint density at radius 3 is 2.35 bits per heavy atom. The van der Waals surface area contributed by atoms with Crippen LogP contribution in [0.3, 0.4) is 0 Å². The van der Waals surface area contributed by atoms with E-state index in [1.807, 2.05) is 6.26 Å². The van der Waals surface area contributed by atoms with Gasteiger partial charge in [-0.3, -0.25) is 4.79 Å². The van der Waals surface area contributed by atoms with Crippen molar-refractivity contribution in [2.24, 2.45) is 0 Å². The molecule has 1 atom stereocenters. The molecule has 6 heteroatoms. The first-order chi connectivity index (χ1) is 9.43. The number of amides is 1. The molecule has 0 bridgehead atoms. The zero-order valence-electron chi connectivity index (χ0n) is 11.3. The summed E-state index contributed by atoms with van der Waals surface area (Å²) >= 11 is 0. The van der Waals surface area contributed by atoms with Crippen molar-refractivity contribution < 1.29 is 18.3 Å². The van der Waals surface area contributed by atoms with Gasteiger partial charge in [0.15, 0.2) is 0 Å². The van der Waals surface area contributed by atoms with E-state index in [-0.39, 0.29) is 29.1 Å². The van der Waals surface area contributed by atoms with E-state index in [1.54, 1.807) is 12.1 Å². The Balaban J connectivity index is 2.19. The van der Waals surface area contributed by atoms with Crippen LogP contribution in [-0.2, 0) is 15.5 Å². The molecule has 2 rings (SSSR count). The van der Waals surface area contributed by atoms with Crippen LogP contribution in [-0.4, -0.2) is 49.2 Å². The van der Waals surface area contributed by atoms with Crippen molar-refractivity contribution >= 4 is 22.3 Å². The molecule has 1 unspecified atom stereocenters. The third-order valence-electron chi connectivity index (χ3n) is 3.19. The van der Waals surface area contributed by atoms with Gasteiger partial charge in [-0.05, 0) is 18.4 Å². The van der Waals surface area contributed by atoms with E-state index in [4.69, 9.17) is 4.74 Å². The molecule has 20 heavy (non-hydrogen) atoms. The molecule has 110 valence electrons. The van der Waals surface area contributed by atoms with Crippen molar-refractivity contribution in [1.29, 1.82) is 0 Å². The average Bonchev–Trinajstić information content (AvgIpc) is 2.47. The number of carbonyl (C=O) groups is 1. The highest BCUT2D eigenvalue weighted by Crippen LogP contribution is 2.32. The molecule has 0 aliphatic carbocycles. The minimum Gasteiger partial charge on any atom is -0.378 e. The molecular formula is C14H17F2NO2S. The Hall–Kier alpha value is -1.27. The van der Waals surface area contributed by atoms with E-state index in [0.717, 1.165) is 9.80 Å². The molecule has 1 aromatic carbocycles. The maximum Gasteiger partial charge on any atom is 0.349 e. The minimum absolute atomic E-state index is 0.212. The normalized spacial score (nSPS) is 17.9. The van der Waals surface area contributed by atoms with Crippen molar-refractivity contribution in [1.82, 2.24) is 4.90 Å². The number of rotatable bonds is 3. The Labute approximate surface area is 119 Å². The summed E-state index contributed by atoms with van der Waals surface area (Å²) in [6.45, 7) is 1.04. The van der Waals surface area contributed by atoms with Crippen molar-refractivity contribution in [2.45, 2.75) is 10.8 Å². The summed E-state index contributed by atoms with van der Waals surface area (Å²) in [5.74, 6) is -0.790. The molecule has 1 aliphatic rings. The second kappa shape index (κ2) is 6.01. The third-order valence-corrected chi connectivity index (χ3v) is 4.26. The zero-order chi connectivity index (χ0) is 14.8. The fourth-order valence-corrected chi connectivity index (χ4v) is 2.59. The molecule has 0 spiro atoms. The minimum atomic E-state index is -3.50. The topological polar surface area (TPSA) is 29.5 Å². The Morgan fingerprint density at radius 2 is 1.85 bits per heavy atom. The van der Waals surface area contributed by atoms with Crippen LogP contribution < -0.4 is 0 Å². The number of nitrogens with zero attached hydrogens (tertiary/aromatic N) is 1. The Morgan fingerprint density at radius 1 is 1.30 bits per heavy atom. The summed E-state index contributed by atoms with van der Waals surface area (Å²) in [5, 5.41) is 0. The first kappa shape index (κ1) is 15.1. The molecule has 0 aromatic heterocycles. The van der Waals surface area contributed by atoms with Crippen molar-refractivity contribution in [3.05, 3.63) is 29.8 Å². The van der Waals surface area contributed by atoms with E-state index in [0.29, 0.717) is 13.2 Å². The quantitative estimate of drug-likeness (QED) is 0.802. The predicted octanol–water partition coefficient (Wildman–Crippen LogP) is 2.33. The van der Waals surface area contributed by atoms with Gasteiger partial charge >= 0.3 is 5.92 Å². The largest absolute Gasteiger partial charge is 0.378 e. The summed E-state index contributed by atoms with van der Waals surface area (Å²) in [6, 6.07) is 5.82. The standard InChI is InChI=1S/C14H17F2NO2S/c1-20(2)12-5-3-11(4-6-12)14(15,16)13(18)17-7-9-19-10-8-17/h3-6H,1,7-10H2,2H3. The SMILES string of the molecule is C=S(C)c1ccc(C(F)(F)C(=O)N2CCOCC2)cc1. The highest BCUT2D eigenvalue weighted by atomic mass is 32.2. The molecule has 3 nitrogen and oxygen atoms in total. The highest BCUT2D eigenvalue weighted by molar-refractivity contribution is 8.13. The van der Waals surface area contributed by atoms with Crippen LogP contribution in [0, 0.1) is 0 Å². The van der Waals surface area contributed by atoms with Gasteiger partial charge in [0.2, 0.25) is 0 Å². The van der Waals surface area contributed by atoms with Gasteiger partial charge in [-0.25, -0.2) is 0 Å². The summed E-state index contributed by atoms with van der Waals surface area (Å²) in [5.41, 5.74) is -0.275. The van der Waals surface area contributed by atoms with Crippen molar-refractivity contribution in [3.8, 4) is 0 Å². The smallest absolute Gasteiger partial charge is 0.349 e. The molecule has 1 saturated heterocycles. The lowest BCUT2D eigenvalue weighted by Crippen LogP contribution is -2.47. The number of carbonyl (C=O) groups excluding carboxylic acids is 1. The summed E-state index contributed by atoms with van der Waals surface area (Å²) in [6.07, 6.45) is 1.91. The summed E-state index contributed by atoms with van der Waals surface area (Å²) < 4.78 is 33.5. The fraction of sp³-hybridized carbons (Fsp3) is 0.429. The van der Waals surface area contributed by atoms with Gasteiger partial charge in [0.05, 0.1) is 13.2 Å². The van der Waals surface area contributed by atoms with Crippen LogP contribution in [0.2, 0.25) is 0 Å². The maximum absolute atomic E-state index is 14.2. The van der Waals surface area contributed by atoms with Crippen molar-refractivity contribution in [2.75, 3.05) is 32.6 Å². The number of morpholine rings is 1.